The summed E-state index contributed by atoms with van der Waals surface area (Å²) in [6.07, 6.45) is -0.400. The fourth-order valence-electron chi connectivity index (χ4n) is 7.96. The molecule has 6 nitrogen and oxygen atoms in total. The summed E-state index contributed by atoms with van der Waals surface area (Å²) in [7, 11) is 0. The highest BCUT2D eigenvalue weighted by Crippen LogP contribution is 2.42. The van der Waals surface area contributed by atoms with Gasteiger partial charge in [0.1, 0.15) is 33.5 Å². The lowest BCUT2D eigenvalue weighted by Crippen LogP contribution is -2.54. The molecule has 11 rings (SSSR count). The van der Waals surface area contributed by atoms with E-state index < -0.39 is 0 Å². The molecule has 1 fully saturated rings. The fourth-order valence-corrected chi connectivity index (χ4v) is 7.96. The van der Waals surface area contributed by atoms with Crippen molar-refractivity contribution in [3.8, 4) is 11.1 Å². The lowest BCUT2D eigenvalue weighted by molar-refractivity contribution is 0.203. The fraction of sp³-hybridized carbons (Fsp3) is 0.0667. The molecule has 244 valence electrons. The van der Waals surface area contributed by atoms with Crippen LogP contribution >= 0.6 is 0 Å². The molecule has 6 heteroatoms. The summed E-state index contributed by atoms with van der Waals surface area (Å²) in [5.74, 6) is 0. The lowest BCUT2D eigenvalue weighted by Gasteiger charge is -2.39. The summed E-state index contributed by atoms with van der Waals surface area (Å²) in [5, 5.41) is 18.1. The molecule has 1 saturated heterocycles. The van der Waals surface area contributed by atoms with Crippen LogP contribution in [0.1, 0.15) is 35.2 Å². The van der Waals surface area contributed by atoms with Crippen LogP contribution in [0.3, 0.4) is 0 Å². The zero-order valence-corrected chi connectivity index (χ0v) is 27.4. The molecule has 4 heterocycles. The highest BCUT2D eigenvalue weighted by molar-refractivity contribution is 6.15. The Morgan fingerprint density at radius 1 is 0.314 bits per heavy atom. The molecule has 3 atom stereocenters. The minimum atomic E-state index is -0.158. The van der Waals surface area contributed by atoms with Crippen molar-refractivity contribution in [2.75, 3.05) is 0 Å². The van der Waals surface area contributed by atoms with Crippen LogP contribution in [0.25, 0.3) is 76.9 Å². The lowest BCUT2D eigenvalue weighted by atomic mass is 9.99. The smallest absolute Gasteiger partial charge is 0.143 e. The molecule has 3 aromatic heterocycles. The standard InChI is InChI=1S/C45H31N3O3/c1-2-10-26(11-3-1)43-46-44(48-45(47-43)28-20-22-31-29-12-4-6-18-37(29)49-40(31)25-28)27-21-23-39-36(24-27)35-17-9-16-34(42(35)51-39)33-15-8-14-32-30-13-5-7-19-38(30)50-41(32)33/h1-25,43-48H. The minimum absolute atomic E-state index is 0.0958. The predicted molar refractivity (Wildman–Crippen MR) is 204 cm³/mol. The first-order valence-electron chi connectivity index (χ1n) is 17.4. The van der Waals surface area contributed by atoms with Crippen LogP contribution in [-0.4, -0.2) is 0 Å². The first-order chi connectivity index (χ1) is 25.2. The molecule has 0 saturated carbocycles. The van der Waals surface area contributed by atoms with Crippen molar-refractivity contribution in [2.24, 2.45) is 0 Å². The van der Waals surface area contributed by atoms with Crippen LogP contribution in [0.2, 0.25) is 0 Å². The van der Waals surface area contributed by atoms with E-state index >= 15 is 0 Å². The maximum Gasteiger partial charge on any atom is 0.143 e. The molecular formula is C45H31N3O3. The van der Waals surface area contributed by atoms with Gasteiger partial charge in [0.2, 0.25) is 0 Å². The van der Waals surface area contributed by atoms with Crippen molar-refractivity contribution in [1.29, 1.82) is 0 Å². The van der Waals surface area contributed by atoms with Crippen molar-refractivity contribution >= 4 is 65.8 Å². The van der Waals surface area contributed by atoms with Crippen molar-refractivity contribution in [3.63, 3.8) is 0 Å². The van der Waals surface area contributed by atoms with Gasteiger partial charge in [-0.15, -0.1) is 0 Å². The van der Waals surface area contributed by atoms with Gasteiger partial charge in [-0.05, 0) is 47.0 Å². The van der Waals surface area contributed by atoms with Crippen LogP contribution in [0, 0.1) is 0 Å². The molecule has 7 aromatic carbocycles. The Labute approximate surface area is 292 Å². The number of furan rings is 3. The zero-order valence-electron chi connectivity index (χ0n) is 27.4. The van der Waals surface area contributed by atoms with Gasteiger partial charge in [0.25, 0.3) is 0 Å². The van der Waals surface area contributed by atoms with E-state index in [1.165, 1.54) is 0 Å². The number of hydrogen-bond acceptors (Lipinski definition) is 6. The molecular weight excluding hydrogens is 631 g/mol. The van der Waals surface area contributed by atoms with Gasteiger partial charge in [0.05, 0.1) is 18.5 Å². The van der Waals surface area contributed by atoms with Gasteiger partial charge < -0.3 is 13.3 Å². The quantitative estimate of drug-likeness (QED) is 0.174. The molecule has 0 amide bonds. The Balaban J connectivity index is 1.01. The van der Waals surface area contributed by atoms with Gasteiger partial charge in [0, 0.05) is 43.4 Å². The normalized spacial score (nSPS) is 18.2. The third-order valence-corrected chi connectivity index (χ3v) is 10.4. The van der Waals surface area contributed by atoms with Gasteiger partial charge >= 0.3 is 0 Å². The van der Waals surface area contributed by atoms with Crippen molar-refractivity contribution < 1.29 is 13.3 Å². The van der Waals surface area contributed by atoms with E-state index in [0.29, 0.717) is 0 Å². The molecule has 3 N–H and O–H groups in total. The number of nitrogens with one attached hydrogen (secondary N) is 3. The van der Waals surface area contributed by atoms with E-state index in [1.807, 2.05) is 24.3 Å². The Kier molecular flexibility index (Phi) is 6.27. The molecule has 0 spiro atoms. The second kappa shape index (κ2) is 11.2. The summed E-state index contributed by atoms with van der Waals surface area (Å²) in [4.78, 5) is 0. The minimum Gasteiger partial charge on any atom is -0.456 e. The third-order valence-electron chi connectivity index (χ3n) is 10.4. The monoisotopic (exact) mass is 661 g/mol. The maximum atomic E-state index is 6.64. The van der Waals surface area contributed by atoms with Gasteiger partial charge in [-0.3, -0.25) is 16.0 Å². The molecule has 0 bridgehead atoms. The van der Waals surface area contributed by atoms with E-state index in [-0.39, 0.29) is 18.5 Å². The van der Waals surface area contributed by atoms with Crippen LogP contribution < -0.4 is 16.0 Å². The van der Waals surface area contributed by atoms with Crippen molar-refractivity contribution in [2.45, 2.75) is 18.5 Å². The Bertz CT molecular complexity index is 2940. The Morgan fingerprint density at radius 3 is 1.51 bits per heavy atom. The summed E-state index contributed by atoms with van der Waals surface area (Å²) >= 11 is 0. The van der Waals surface area contributed by atoms with Crippen LogP contribution in [0.5, 0.6) is 0 Å². The van der Waals surface area contributed by atoms with Crippen molar-refractivity contribution in [1.82, 2.24) is 16.0 Å². The van der Waals surface area contributed by atoms with Crippen LogP contribution in [0.4, 0.5) is 0 Å². The van der Waals surface area contributed by atoms with Crippen molar-refractivity contribution in [3.05, 3.63) is 168 Å². The maximum absolute atomic E-state index is 6.64. The molecule has 10 aromatic rings. The highest BCUT2D eigenvalue weighted by Gasteiger charge is 2.30. The van der Waals surface area contributed by atoms with E-state index in [2.05, 4.69) is 143 Å². The molecule has 51 heavy (non-hydrogen) atoms. The number of hydrogen-bond donors (Lipinski definition) is 3. The molecule has 3 unspecified atom stereocenters. The van der Waals surface area contributed by atoms with Gasteiger partial charge in [-0.25, -0.2) is 0 Å². The van der Waals surface area contributed by atoms with Gasteiger partial charge in [-0.2, -0.15) is 0 Å². The number of rotatable bonds is 4. The van der Waals surface area contributed by atoms with E-state index in [4.69, 9.17) is 13.3 Å². The van der Waals surface area contributed by atoms with Gasteiger partial charge in [-0.1, -0.05) is 121 Å². The van der Waals surface area contributed by atoms with Crippen LogP contribution in [-0.2, 0) is 0 Å². The summed E-state index contributed by atoms with van der Waals surface area (Å²) in [5.41, 5.74) is 10.6. The van der Waals surface area contributed by atoms with E-state index in [9.17, 15) is 0 Å². The number of fused-ring (bicyclic) bond motifs is 9. The van der Waals surface area contributed by atoms with Crippen LogP contribution in [0.15, 0.2) is 165 Å². The van der Waals surface area contributed by atoms with E-state index in [1.54, 1.807) is 0 Å². The number of para-hydroxylation sites is 4. The Hall–Kier alpha value is -6.18. The first-order valence-corrected chi connectivity index (χ1v) is 17.4. The topological polar surface area (TPSA) is 75.5 Å². The van der Waals surface area contributed by atoms with E-state index in [0.717, 1.165) is 93.6 Å². The second-order valence-electron chi connectivity index (χ2n) is 13.4. The summed E-state index contributed by atoms with van der Waals surface area (Å²) < 4.78 is 19.3. The molecule has 1 aliphatic rings. The average Bonchev–Trinajstić information content (AvgIpc) is 3.89. The zero-order chi connectivity index (χ0) is 33.5. The molecule has 0 aliphatic carbocycles. The van der Waals surface area contributed by atoms with Gasteiger partial charge in [0.15, 0.2) is 0 Å². The number of benzene rings is 7. The highest BCUT2D eigenvalue weighted by atomic mass is 16.3. The predicted octanol–water partition coefficient (Wildman–Crippen LogP) is 11.2. The summed E-state index contributed by atoms with van der Waals surface area (Å²) in [6.45, 7) is 0. The largest absolute Gasteiger partial charge is 0.456 e. The SMILES string of the molecule is c1ccc(C2NC(c3ccc4c(c3)oc3ccccc34)NC(c3ccc4oc5c(-c6cccc7c6oc6ccccc67)cccc5c4c3)N2)cc1. The molecule has 0 radical (unpaired) electrons. The average molecular weight is 662 g/mol. The summed E-state index contributed by atoms with van der Waals surface area (Å²) in [6, 6.07) is 52.7. The molecule has 1 aliphatic heterocycles. The Morgan fingerprint density at radius 2 is 0.804 bits per heavy atom. The third kappa shape index (κ3) is 4.55. The second-order valence-corrected chi connectivity index (χ2v) is 13.4. The first kappa shape index (κ1) is 28.6.